The lowest BCUT2D eigenvalue weighted by Crippen LogP contribution is -2.42. The Kier molecular flexibility index (Phi) is 7.27. The fourth-order valence-electron chi connectivity index (χ4n) is 0.994. The summed E-state index contributed by atoms with van der Waals surface area (Å²) >= 11 is 0. The van der Waals surface area contributed by atoms with E-state index in [9.17, 15) is 13.2 Å². The lowest BCUT2D eigenvalue weighted by atomic mass is 10.2. The summed E-state index contributed by atoms with van der Waals surface area (Å²) in [5, 5.41) is 2.57. The fraction of sp³-hybridized carbons (Fsp3) is 0.889. The Balaban J connectivity index is 3.74. The molecule has 1 amide bonds. The quantitative estimate of drug-likeness (QED) is 0.534. The predicted molar refractivity (Wildman–Crippen MR) is 61.8 cm³/mol. The number of sulfone groups is 1. The molecule has 96 valence electrons. The van der Waals surface area contributed by atoms with Crippen LogP contribution in [0.15, 0.2) is 0 Å². The molecule has 3 N–H and O–H groups in total. The van der Waals surface area contributed by atoms with Gasteiger partial charge in [0.25, 0.3) is 0 Å². The van der Waals surface area contributed by atoms with Gasteiger partial charge in [0, 0.05) is 19.4 Å². The molecule has 1 atom stereocenters. The molecule has 0 saturated carbocycles. The Hall–Kier alpha value is -0.660. The van der Waals surface area contributed by atoms with Gasteiger partial charge in [0.1, 0.15) is 9.84 Å². The molecule has 0 saturated heterocycles. The molecule has 0 aromatic carbocycles. The Morgan fingerprint density at radius 1 is 1.50 bits per heavy atom. The zero-order chi connectivity index (χ0) is 12.6. The van der Waals surface area contributed by atoms with Gasteiger partial charge in [-0.15, -0.1) is 0 Å². The monoisotopic (exact) mass is 252 g/mol. The minimum Gasteiger partial charge on any atom is -0.380 e. The van der Waals surface area contributed by atoms with Crippen LogP contribution in [-0.4, -0.2) is 52.1 Å². The largest absolute Gasteiger partial charge is 0.380 e. The van der Waals surface area contributed by atoms with Crippen LogP contribution < -0.4 is 11.1 Å². The highest BCUT2D eigenvalue weighted by molar-refractivity contribution is 7.90. The van der Waals surface area contributed by atoms with Gasteiger partial charge in [0.15, 0.2) is 0 Å². The number of carbonyl (C=O) groups is 1. The highest BCUT2D eigenvalue weighted by Gasteiger charge is 2.15. The smallest absolute Gasteiger partial charge is 0.237 e. The van der Waals surface area contributed by atoms with Gasteiger partial charge in [0.05, 0.1) is 18.4 Å². The minimum absolute atomic E-state index is 0.0763. The van der Waals surface area contributed by atoms with Crippen molar-refractivity contribution in [3.8, 4) is 0 Å². The molecule has 0 radical (unpaired) electrons. The van der Waals surface area contributed by atoms with Crippen LogP contribution in [0.25, 0.3) is 0 Å². The number of nitrogens with one attached hydrogen (secondary N) is 1. The SMILES string of the molecule is CCOCCNC(=O)C(N)CCS(C)(=O)=O. The maximum atomic E-state index is 11.3. The first-order valence-corrected chi connectivity index (χ1v) is 7.21. The molecule has 0 fully saturated rings. The summed E-state index contributed by atoms with van der Waals surface area (Å²) in [6.45, 7) is 3.27. The van der Waals surface area contributed by atoms with Crippen molar-refractivity contribution < 1.29 is 17.9 Å². The summed E-state index contributed by atoms with van der Waals surface area (Å²) in [5.41, 5.74) is 5.52. The van der Waals surface area contributed by atoms with E-state index in [1.165, 1.54) is 0 Å². The summed E-state index contributed by atoms with van der Waals surface area (Å²) in [7, 11) is -3.07. The van der Waals surface area contributed by atoms with Crippen LogP contribution in [0.4, 0.5) is 0 Å². The van der Waals surface area contributed by atoms with Gasteiger partial charge in [0.2, 0.25) is 5.91 Å². The maximum Gasteiger partial charge on any atom is 0.237 e. The average molecular weight is 252 g/mol. The molecule has 0 bridgehead atoms. The van der Waals surface area contributed by atoms with Gasteiger partial charge in [-0.2, -0.15) is 0 Å². The second-order valence-corrected chi connectivity index (χ2v) is 5.77. The van der Waals surface area contributed by atoms with Crippen LogP contribution in [0.2, 0.25) is 0 Å². The van der Waals surface area contributed by atoms with E-state index in [1.54, 1.807) is 0 Å². The van der Waals surface area contributed by atoms with E-state index in [2.05, 4.69) is 5.32 Å². The van der Waals surface area contributed by atoms with Gasteiger partial charge in [-0.05, 0) is 13.3 Å². The molecule has 1 unspecified atom stereocenters. The van der Waals surface area contributed by atoms with Crippen molar-refractivity contribution in [2.75, 3.05) is 31.8 Å². The molecule has 6 nitrogen and oxygen atoms in total. The molecule has 7 heteroatoms. The third kappa shape index (κ3) is 8.63. The van der Waals surface area contributed by atoms with E-state index in [-0.39, 0.29) is 18.1 Å². The second-order valence-electron chi connectivity index (χ2n) is 3.51. The molecular formula is C9H20N2O4S. The van der Waals surface area contributed by atoms with Gasteiger partial charge < -0.3 is 15.8 Å². The van der Waals surface area contributed by atoms with Gasteiger partial charge in [-0.1, -0.05) is 0 Å². The summed E-state index contributed by atoms with van der Waals surface area (Å²) in [5.74, 6) is -0.420. The van der Waals surface area contributed by atoms with Crippen molar-refractivity contribution in [1.29, 1.82) is 0 Å². The third-order valence-electron chi connectivity index (χ3n) is 1.89. The Bertz CT molecular complexity index is 303. The van der Waals surface area contributed by atoms with Crippen molar-refractivity contribution in [1.82, 2.24) is 5.32 Å². The number of rotatable bonds is 8. The number of carbonyl (C=O) groups excluding carboxylic acids is 1. The fourth-order valence-corrected chi connectivity index (χ4v) is 1.68. The molecule has 0 aliphatic carbocycles. The summed E-state index contributed by atoms with van der Waals surface area (Å²) < 4.78 is 26.7. The first kappa shape index (κ1) is 15.3. The third-order valence-corrected chi connectivity index (χ3v) is 2.86. The lowest BCUT2D eigenvalue weighted by Gasteiger charge is -2.11. The molecule has 0 heterocycles. The Morgan fingerprint density at radius 2 is 2.12 bits per heavy atom. The summed E-state index contributed by atoms with van der Waals surface area (Å²) in [4.78, 5) is 11.3. The minimum atomic E-state index is -3.07. The molecule has 16 heavy (non-hydrogen) atoms. The Labute approximate surface area is 96.4 Å². The zero-order valence-electron chi connectivity index (χ0n) is 9.73. The number of nitrogens with two attached hydrogens (primary N) is 1. The Morgan fingerprint density at radius 3 is 2.62 bits per heavy atom. The first-order chi connectivity index (χ1) is 7.37. The van der Waals surface area contributed by atoms with Crippen LogP contribution in [0.5, 0.6) is 0 Å². The standard InChI is InChI=1S/C9H20N2O4S/c1-3-15-6-5-11-9(12)8(10)4-7-16(2,13)14/h8H,3-7,10H2,1-2H3,(H,11,12). The number of ether oxygens (including phenoxy) is 1. The maximum absolute atomic E-state index is 11.3. The van der Waals surface area contributed by atoms with E-state index >= 15 is 0 Å². The average Bonchev–Trinajstić information content (AvgIpc) is 2.19. The number of hydrogen-bond donors (Lipinski definition) is 2. The van der Waals surface area contributed by atoms with Crippen molar-refractivity contribution in [2.24, 2.45) is 5.73 Å². The summed E-state index contributed by atoms with van der Waals surface area (Å²) in [6.07, 6.45) is 1.26. The molecular weight excluding hydrogens is 232 g/mol. The molecule has 0 aromatic rings. The summed E-state index contributed by atoms with van der Waals surface area (Å²) in [6, 6.07) is -0.781. The van der Waals surface area contributed by atoms with Crippen LogP contribution in [0.1, 0.15) is 13.3 Å². The van der Waals surface area contributed by atoms with E-state index in [1.807, 2.05) is 6.92 Å². The molecule has 0 rings (SSSR count). The highest BCUT2D eigenvalue weighted by atomic mass is 32.2. The van der Waals surface area contributed by atoms with E-state index in [4.69, 9.17) is 10.5 Å². The van der Waals surface area contributed by atoms with Crippen LogP contribution in [0.3, 0.4) is 0 Å². The van der Waals surface area contributed by atoms with Gasteiger partial charge >= 0.3 is 0 Å². The number of hydrogen-bond acceptors (Lipinski definition) is 5. The first-order valence-electron chi connectivity index (χ1n) is 5.15. The molecule has 0 aromatic heterocycles. The van der Waals surface area contributed by atoms with Gasteiger partial charge in [-0.25, -0.2) is 8.42 Å². The van der Waals surface area contributed by atoms with Crippen molar-refractivity contribution in [2.45, 2.75) is 19.4 Å². The topological polar surface area (TPSA) is 98.5 Å². The molecule has 0 aliphatic rings. The van der Waals surface area contributed by atoms with E-state index in [0.717, 1.165) is 6.26 Å². The van der Waals surface area contributed by atoms with Crippen LogP contribution in [-0.2, 0) is 19.4 Å². The van der Waals surface area contributed by atoms with E-state index < -0.39 is 15.9 Å². The molecule has 0 spiro atoms. The highest BCUT2D eigenvalue weighted by Crippen LogP contribution is 1.93. The number of amides is 1. The zero-order valence-corrected chi connectivity index (χ0v) is 10.5. The predicted octanol–water partition coefficient (Wildman–Crippen LogP) is -1.10. The normalized spacial score (nSPS) is 13.4. The lowest BCUT2D eigenvalue weighted by molar-refractivity contribution is -0.122. The second kappa shape index (κ2) is 7.59. The van der Waals surface area contributed by atoms with Crippen LogP contribution in [0, 0.1) is 0 Å². The van der Waals surface area contributed by atoms with Crippen molar-refractivity contribution >= 4 is 15.7 Å². The van der Waals surface area contributed by atoms with Crippen LogP contribution >= 0.6 is 0 Å². The van der Waals surface area contributed by atoms with Crippen molar-refractivity contribution in [3.05, 3.63) is 0 Å². The molecule has 0 aliphatic heterocycles. The van der Waals surface area contributed by atoms with Crippen molar-refractivity contribution in [3.63, 3.8) is 0 Å². The van der Waals surface area contributed by atoms with Gasteiger partial charge in [-0.3, -0.25) is 4.79 Å². The van der Waals surface area contributed by atoms with E-state index in [0.29, 0.717) is 19.8 Å².